The van der Waals surface area contributed by atoms with Crippen molar-refractivity contribution in [1.29, 1.82) is 0 Å². The Balaban J connectivity index is 1.94. The van der Waals surface area contributed by atoms with Gasteiger partial charge in [-0.2, -0.15) is 0 Å². The van der Waals surface area contributed by atoms with Crippen molar-refractivity contribution in [1.82, 2.24) is 4.98 Å². The number of carbonyl (C=O) groups is 1. The third-order valence-corrected chi connectivity index (χ3v) is 5.10. The molecule has 0 saturated carbocycles. The summed E-state index contributed by atoms with van der Waals surface area (Å²) in [6, 6.07) is 9.96. The summed E-state index contributed by atoms with van der Waals surface area (Å²) in [7, 11) is 1.58. The number of nitrogens with two attached hydrogens (primary N) is 1. The van der Waals surface area contributed by atoms with E-state index in [1.165, 1.54) is 4.90 Å². The Kier molecular flexibility index (Phi) is 7.81. The molecule has 0 spiro atoms. The molecule has 0 atom stereocenters. The van der Waals surface area contributed by atoms with E-state index in [2.05, 4.69) is 20.9 Å². The third kappa shape index (κ3) is 5.32. The lowest BCUT2D eigenvalue weighted by molar-refractivity contribution is 0.254. The number of fused-ring (bicyclic) bond motifs is 1. The van der Waals surface area contributed by atoms with Gasteiger partial charge in [-0.1, -0.05) is 34.5 Å². The average molecular weight is 509 g/mol. The molecule has 0 aliphatic heterocycles. The number of halogens is 2. The number of nitrogens with zero attached hydrogens (tertiary/aromatic N) is 2. The zero-order valence-electron chi connectivity index (χ0n) is 17.2. The molecular weight excluding hydrogens is 486 g/mol. The summed E-state index contributed by atoms with van der Waals surface area (Å²) in [6.07, 6.45) is 2.41. The second kappa shape index (κ2) is 10.5. The van der Waals surface area contributed by atoms with Gasteiger partial charge in [-0.15, -0.1) is 0 Å². The molecule has 31 heavy (non-hydrogen) atoms. The van der Waals surface area contributed by atoms with Gasteiger partial charge in [-0.05, 0) is 30.7 Å². The van der Waals surface area contributed by atoms with Crippen LogP contribution in [0.5, 0.6) is 23.0 Å². The molecule has 0 saturated heterocycles. The number of urea groups is 1. The van der Waals surface area contributed by atoms with Gasteiger partial charge in [-0.3, -0.25) is 9.88 Å². The molecule has 0 aliphatic carbocycles. The molecule has 1 aromatic heterocycles. The van der Waals surface area contributed by atoms with Crippen molar-refractivity contribution in [2.24, 2.45) is 5.73 Å². The molecule has 0 fully saturated rings. The van der Waals surface area contributed by atoms with Gasteiger partial charge in [0.1, 0.15) is 11.5 Å². The number of amides is 2. The molecule has 3 aromatic rings. The molecule has 1 heterocycles. The normalized spacial score (nSPS) is 10.7. The predicted octanol–water partition coefficient (Wildman–Crippen LogP) is 5.76. The molecule has 164 valence electrons. The molecule has 7 nitrogen and oxygen atoms in total. The van der Waals surface area contributed by atoms with Gasteiger partial charge in [-0.25, -0.2) is 4.79 Å². The van der Waals surface area contributed by atoms with Crippen LogP contribution in [0.4, 0.5) is 10.5 Å². The zero-order valence-corrected chi connectivity index (χ0v) is 19.6. The quantitative estimate of drug-likeness (QED) is 0.371. The lowest BCUT2D eigenvalue weighted by atomic mass is 10.1. The fraction of sp³-hybridized carbons (Fsp3) is 0.273. The minimum atomic E-state index is -0.553. The van der Waals surface area contributed by atoms with E-state index in [1.54, 1.807) is 37.6 Å². The summed E-state index contributed by atoms with van der Waals surface area (Å²) < 4.78 is 17.3. The topological polar surface area (TPSA) is 86.9 Å². The largest absolute Gasteiger partial charge is 0.493 e. The predicted molar refractivity (Wildman–Crippen MR) is 126 cm³/mol. The van der Waals surface area contributed by atoms with Crippen LogP contribution in [0.15, 0.2) is 42.6 Å². The molecule has 0 bridgehead atoms. The summed E-state index contributed by atoms with van der Waals surface area (Å²) in [5, 5.41) is 1.83. The molecular formula is C22H23BrClN3O4. The van der Waals surface area contributed by atoms with Crippen molar-refractivity contribution in [3.05, 3.63) is 47.6 Å². The third-order valence-electron chi connectivity index (χ3n) is 4.47. The van der Waals surface area contributed by atoms with E-state index >= 15 is 0 Å². The highest BCUT2D eigenvalue weighted by atomic mass is 79.9. The number of pyridine rings is 1. The van der Waals surface area contributed by atoms with Gasteiger partial charge in [0.2, 0.25) is 0 Å². The summed E-state index contributed by atoms with van der Waals surface area (Å²) >= 11 is 9.77. The number of alkyl halides is 1. The SMILES string of the molecule is CCCN(C(N)=O)c1ccc(Oc2ccnc3cc(OCCBr)c(OC)cc23)cc1Cl. The first kappa shape index (κ1) is 23.0. The minimum Gasteiger partial charge on any atom is -0.493 e. The maximum atomic E-state index is 11.7. The van der Waals surface area contributed by atoms with Crippen LogP contribution in [0, 0.1) is 0 Å². The smallest absolute Gasteiger partial charge is 0.319 e. The first-order valence-electron chi connectivity index (χ1n) is 9.68. The highest BCUT2D eigenvalue weighted by Gasteiger charge is 2.16. The van der Waals surface area contributed by atoms with Crippen LogP contribution in [-0.2, 0) is 0 Å². The fourth-order valence-corrected chi connectivity index (χ4v) is 3.54. The van der Waals surface area contributed by atoms with Crippen LogP contribution in [-0.4, -0.2) is 36.6 Å². The van der Waals surface area contributed by atoms with Crippen molar-refractivity contribution in [2.45, 2.75) is 13.3 Å². The van der Waals surface area contributed by atoms with E-state index in [9.17, 15) is 4.79 Å². The number of benzene rings is 2. The van der Waals surface area contributed by atoms with Crippen molar-refractivity contribution < 1.29 is 19.0 Å². The summed E-state index contributed by atoms with van der Waals surface area (Å²) in [5.41, 5.74) is 6.73. The second-order valence-electron chi connectivity index (χ2n) is 6.57. The van der Waals surface area contributed by atoms with Gasteiger partial charge < -0.3 is 19.9 Å². The summed E-state index contributed by atoms with van der Waals surface area (Å²) in [6.45, 7) is 2.94. The van der Waals surface area contributed by atoms with E-state index in [-0.39, 0.29) is 0 Å². The van der Waals surface area contributed by atoms with Gasteiger partial charge >= 0.3 is 6.03 Å². The van der Waals surface area contributed by atoms with E-state index in [0.717, 1.165) is 11.8 Å². The van der Waals surface area contributed by atoms with Crippen molar-refractivity contribution in [2.75, 3.05) is 30.5 Å². The zero-order chi connectivity index (χ0) is 22.4. The maximum absolute atomic E-state index is 11.7. The number of carbonyl (C=O) groups excluding carboxylic acids is 1. The Morgan fingerprint density at radius 2 is 2.00 bits per heavy atom. The number of aromatic nitrogens is 1. The number of hydrogen-bond donors (Lipinski definition) is 1. The Hall–Kier alpha value is -2.71. The first-order chi connectivity index (χ1) is 15.0. The van der Waals surface area contributed by atoms with Gasteiger partial charge in [0.25, 0.3) is 0 Å². The molecule has 0 unspecified atom stereocenters. The number of ether oxygens (including phenoxy) is 3. The molecule has 9 heteroatoms. The lowest BCUT2D eigenvalue weighted by Crippen LogP contribution is -2.36. The number of primary amides is 1. The Bertz CT molecular complexity index is 1080. The summed E-state index contributed by atoms with van der Waals surface area (Å²) in [4.78, 5) is 17.6. The van der Waals surface area contributed by atoms with Crippen LogP contribution in [0.3, 0.4) is 0 Å². The highest BCUT2D eigenvalue weighted by Crippen LogP contribution is 2.38. The number of methoxy groups -OCH3 is 1. The minimum absolute atomic E-state index is 0.367. The standard InChI is InChI=1S/C22H23BrClN3O4/c1-3-9-27(22(25)28)18-5-4-14(11-16(18)24)31-19-6-8-26-17-13-21(30-10-7-23)20(29-2)12-15(17)19/h4-6,8,11-13H,3,7,9-10H2,1-2H3,(H2,25,28). The van der Waals surface area contributed by atoms with Crippen molar-refractivity contribution >= 4 is 50.2 Å². The lowest BCUT2D eigenvalue weighted by Gasteiger charge is -2.21. The fourth-order valence-electron chi connectivity index (χ4n) is 3.11. The van der Waals surface area contributed by atoms with Crippen LogP contribution in [0.25, 0.3) is 10.9 Å². The van der Waals surface area contributed by atoms with E-state index < -0.39 is 6.03 Å². The van der Waals surface area contributed by atoms with Crippen LogP contribution in [0.1, 0.15) is 13.3 Å². The number of hydrogen-bond acceptors (Lipinski definition) is 5. The number of rotatable bonds is 9. The summed E-state index contributed by atoms with van der Waals surface area (Å²) in [5.74, 6) is 2.28. The van der Waals surface area contributed by atoms with Gasteiger partial charge in [0, 0.05) is 35.6 Å². The van der Waals surface area contributed by atoms with E-state index in [1.807, 2.05) is 19.1 Å². The van der Waals surface area contributed by atoms with Crippen LogP contribution >= 0.6 is 27.5 Å². The highest BCUT2D eigenvalue weighted by molar-refractivity contribution is 9.09. The molecule has 3 rings (SSSR count). The molecule has 2 aromatic carbocycles. The Morgan fingerprint density at radius 1 is 1.19 bits per heavy atom. The molecule has 2 N–H and O–H groups in total. The number of anilines is 1. The van der Waals surface area contributed by atoms with Crippen LogP contribution < -0.4 is 24.8 Å². The van der Waals surface area contributed by atoms with E-state index in [0.29, 0.717) is 57.7 Å². The molecule has 2 amide bonds. The van der Waals surface area contributed by atoms with Crippen LogP contribution in [0.2, 0.25) is 5.02 Å². The Labute approximate surface area is 194 Å². The van der Waals surface area contributed by atoms with E-state index in [4.69, 9.17) is 31.5 Å². The van der Waals surface area contributed by atoms with Gasteiger partial charge in [0.05, 0.1) is 29.9 Å². The van der Waals surface area contributed by atoms with Gasteiger partial charge in [0.15, 0.2) is 11.5 Å². The first-order valence-corrected chi connectivity index (χ1v) is 11.2. The monoisotopic (exact) mass is 507 g/mol. The Morgan fingerprint density at radius 3 is 2.65 bits per heavy atom. The maximum Gasteiger partial charge on any atom is 0.319 e. The average Bonchev–Trinajstić information content (AvgIpc) is 2.76. The molecule has 0 aliphatic rings. The van der Waals surface area contributed by atoms with Crippen molar-refractivity contribution in [3.8, 4) is 23.0 Å². The molecule has 0 radical (unpaired) electrons. The van der Waals surface area contributed by atoms with Crippen molar-refractivity contribution in [3.63, 3.8) is 0 Å². The second-order valence-corrected chi connectivity index (χ2v) is 7.77.